The molecule has 0 aliphatic carbocycles. The molecule has 0 aliphatic heterocycles. The zero-order chi connectivity index (χ0) is 20.3. The van der Waals surface area contributed by atoms with Crippen LogP contribution < -0.4 is 26.0 Å². The number of hydrogen-bond donors (Lipinski definition) is 2. The molecule has 3 aromatic rings. The van der Waals surface area contributed by atoms with E-state index in [1.807, 2.05) is 6.92 Å². The summed E-state index contributed by atoms with van der Waals surface area (Å²) in [4.78, 5) is 40.1. The highest BCUT2D eigenvalue weighted by atomic mass is 16.5. The molecule has 0 bridgehead atoms. The van der Waals surface area contributed by atoms with E-state index in [1.165, 1.54) is 14.2 Å². The van der Waals surface area contributed by atoms with Crippen molar-refractivity contribution in [1.82, 2.24) is 9.55 Å². The Morgan fingerprint density at radius 2 is 1.75 bits per heavy atom. The van der Waals surface area contributed by atoms with Gasteiger partial charge in [0.2, 0.25) is 0 Å². The normalized spacial score (nSPS) is 10.4. The molecule has 0 fully saturated rings. The molecule has 0 unspecified atom stereocenters. The third-order valence-electron chi connectivity index (χ3n) is 4.17. The minimum Gasteiger partial charge on any atom is -0.497 e. The number of H-pyrrole nitrogens is 1. The van der Waals surface area contributed by atoms with Crippen molar-refractivity contribution >= 4 is 11.6 Å². The van der Waals surface area contributed by atoms with E-state index in [1.54, 1.807) is 42.5 Å². The number of aromatic amines is 1. The average Bonchev–Trinajstić information content (AvgIpc) is 2.69. The van der Waals surface area contributed by atoms with Crippen LogP contribution in [0, 0.1) is 6.92 Å². The van der Waals surface area contributed by atoms with Gasteiger partial charge in [-0.1, -0.05) is 17.7 Å². The number of methoxy groups -OCH3 is 2. The van der Waals surface area contributed by atoms with Crippen LogP contribution in [-0.2, 0) is 0 Å². The van der Waals surface area contributed by atoms with Crippen LogP contribution >= 0.6 is 0 Å². The van der Waals surface area contributed by atoms with E-state index in [2.05, 4.69) is 10.3 Å². The van der Waals surface area contributed by atoms with E-state index < -0.39 is 17.2 Å². The maximum absolute atomic E-state index is 12.8. The minimum atomic E-state index is -0.730. The van der Waals surface area contributed by atoms with Gasteiger partial charge in [0.25, 0.3) is 11.5 Å². The van der Waals surface area contributed by atoms with Crippen molar-refractivity contribution in [3.63, 3.8) is 0 Å². The van der Waals surface area contributed by atoms with E-state index >= 15 is 0 Å². The second-order valence-corrected chi connectivity index (χ2v) is 6.00. The standard InChI is InChI=1S/C20H19N3O5/c1-12-4-6-13(7-5-12)23-19(25)15(11-21-20(23)26)18(24)22-16-10-14(27-2)8-9-17(16)28-3/h4-11H,1-3H3,(H,21,26)(H,22,24). The van der Waals surface area contributed by atoms with Gasteiger partial charge in [-0.25, -0.2) is 9.36 Å². The number of aromatic nitrogens is 2. The van der Waals surface area contributed by atoms with Gasteiger partial charge in [0.1, 0.15) is 17.1 Å². The summed E-state index contributed by atoms with van der Waals surface area (Å²) >= 11 is 0. The molecule has 144 valence electrons. The number of amides is 1. The summed E-state index contributed by atoms with van der Waals surface area (Å²) in [5.41, 5.74) is 0.0958. The van der Waals surface area contributed by atoms with Gasteiger partial charge in [-0.3, -0.25) is 9.59 Å². The molecule has 0 aliphatic rings. The van der Waals surface area contributed by atoms with Crippen LogP contribution in [0.5, 0.6) is 11.5 Å². The zero-order valence-electron chi connectivity index (χ0n) is 15.6. The van der Waals surface area contributed by atoms with Gasteiger partial charge >= 0.3 is 5.69 Å². The van der Waals surface area contributed by atoms with Crippen LogP contribution in [0.25, 0.3) is 5.69 Å². The number of nitrogens with zero attached hydrogens (tertiary/aromatic N) is 1. The number of rotatable bonds is 5. The smallest absolute Gasteiger partial charge is 0.333 e. The average molecular weight is 381 g/mol. The summed E-state index contributed by atoms with van der Waals surface area (Å²) in [5, 5.41) is 2.62. The maximum atomic E-state index is 12.8. The summed E-state index contributed by atoms with van der Waals surface area (Å²) in [6.45, 7) is 1.89. The van der Waals surface area contributed by atoms with Crippen molar-refractivity contribution in [2.45, 2.75) is 6.92 Å². The van der Waals surface area contributed by atoms with Gasteiger partial charge in [-0.05, 0) is 31.2 Å². The van der Waals surface area contributed by atoms with Gasteiger partial charge in [0.15, 0.2) is 0 Å². The van der Waals surface area contributed by atoms with Crippen LogP contribution in [-0.4, -0.2) is 29.7 Å². The Balaban J connectivity index is 2.02. The predicted molar refractivity (Wildman–Crippen MR) is 105 cm³/mol. The number of ether oxygens (including phenoxy) is 2. The number of carbonyl (C=O) groups excluding carboxylic acids is 1. The first kappa shape index (κ1) is 19.0. The first-order chi connectivity index (χ1) is 13.4. The topological polar surface area (TPSA) is 102 Å². The minimum absolute atomic E-state index is 0.218. The lowest BCUT2D eigenvalue weighted by atomic mass is 10.2. The quantitative estimate of drug-likeness (QED) is 0.705. The Hall–Kier alpha value is -3.81. The third-order valence-corrected chi connectivity index (χ3v) is 4.17. The molecule has 8 heteroatoms. The molecule has 2 aromatic carbocycles. The van der Waals surface area contributed by atoms with Crippen LogP contribution in [0.3, 0.4) is 0 Å². The molecule has 8 nitrogen and oxygen atoms in total. The van der Waals surface area contributed by atoms with Crippen molar-refractivity contribution in [3.8, 4) is 17.2 Å². The van der Waals surface area contributed by atoms with Crippen LogP contribution in [0.4, 0.5) is 5.69 Å². The number of carbonyl (C=O) groups is 1. The second-order valence-electron chi connectivity index (χ2n) is 6.00. The Labute approximate surface area is 160 Å². The summed E-state index contributed by atoms with van der Waals surface area (Å²) < 4.78 is 11.3. The van der Waals surface area contributed by atoms with Gasteiger partial charge < -0.3 is 19.8 Å². The fourth-order valence-electron chi connectivity index (χ4n) is 2.67. The molecule has 3 rings (SSSR count). The van der Waals surface area contributed by atoms with E-state index in [0.29, 0.717) is 22.9 Å². The molecule has 2 N–H and O–H groups in total. The summed E-state index contributed by atoms with van der Waals surface area (Å²) in [5.74, 6) is 0.223. The summed E-state index contributed by atoms with van der Waals surface area (Å²) in [6, 6.07) is 11.7. The molecule has 0 spiro atoms. The molecular weight excluding hydrogens is 362 g/mol. The van der Waals surface area contributed by atoms with Crippen LogP contribution in [0.1, 0.15) is 15.9 Å². The van der Waals surface area contributed by atoms with Crippen molar-refractivity contribution < 1.29 is 14.3 Å². The van der Waals surface area contributed by atoms with Gasteiger partial charge in [-0.15, -0.1) is 0 Å². The highest BCUT2D eigenvalue weighted by Crippen LogP contribution is 2.29. The number of anilines is 1. The highest BCUT2D eigenvalue weighted by Gasteiger charge is 2.17. The maximum Gasteiger partial charge on any atom is 0.333 e. The van der Waals surface area contributed by atoms with Gasteiger partial charge in [0, 0.05) is 12.3 Å². The molecule has 0 saturated carbocycles. The van der Waals surface area contributed by atoms with E-state index in [9.17, 15) is 14.4 Å². The van der Waals surface area contributed by atoms with Crippen molar-refractivity contribution in [3.05, 3.63) is 80.6 Å². The molecule has 28 heavy (non-hydrogen) atoms. The zero-order valence-corrected chi connectivity index (χ0v) is 15.6. The Morgan fingerprint density at radius 1 is 1.04 bits per heavy atom. The molecule has 0 radical (unpaired) electrons. The lowest BCUT2D eigenvalue weighted by Crippen LogP contribution is -2.38. The highest BCUT2D eigenvalue weighted by molar-refractivity contribution is 6.04. The van der Waals surface area contributed by atoms with E-state index in [4.69, 9.17) is 9.47 Å². The van der Waals surface area contributed by atoms with Gasteiger partial charge in [-0.2, -0.15) is 0 Å². The number of benzene rings is 2. The van der Waals surface area contributed by atoms with Crippen LogP contribution in [0.2, 0.25) is 0 Å². The van der Waals surface area contributed by atoms with Crippen molar-refractivity contribution in [2.24, 2.45) is 0 Å². The van der Waals surface area contributed by atoms with E-state index in [0.717, 1.165) is 16.3 Å². The Kier molecular flexibility index (Phi) is 5.30. The first-order valence-corrected chi connectivity index (χ1v) is 8.39. The summed E-state index contributed by atoms with van der Waals surface area (Å²) in [6.07, 6.45) is 1.09. The monoisotopic (exact) mass is 381 g/mol. The number of nitrogens with one attached hydrogen (secondary N) is 2. The second kappa shape index (κ2) is 7.83. The molecule has 1 amide bonds. The predicted octanol–water partition coefficient (Wildman–Crippen LogP) is 2.10. The molecule has 0 atom stereocenters. The van der Waals surface area contributed by atoms with Gasteiger partial charge in [0.05, 0.1) is 25.6 Å². The first-order valence-electron chi connectivity index (χ1n) is 8.39. The third kappa shape index (κ3) is 3.66. The Morgan fingerprint density at radius 3 is 2.39 bits per heavy atom. The van der Waals surface area contributed by atoms with Crippen LogP contribution in [0.15, 0.2) is 58.3 Å². The lowest BCUT2D eigenvalue weighted by Gasteiger charge is -2.12. The number of hydrogen-bond acceptors (Lipinski definition) is 5. The fourth-order valence-corrected chi connectivity index (χ4v) is 2.67. The molecular formula is C20H19N3O5. The lowest BCUT2D eigenvalue weighted by molar-refractivity contribution is 0.102. The summed E-state index contributed by atoms with van der Waals surface area (Å²) in [7, 11) is 2.96. The van der Waals surface area contributed by atoms with Crippen molar-refractivity contribution in [1.29, 1.82) is 0 Å². The van der Waals surface area contributed by atoms with E-state index in [-0.39, 0.29) is 5.56 Å². The number of aryl methyl sites for hydroxylation is 1. The fraction of sp³-hybridized carbons (Fsp3) is 0.150. The molecule has 1 aromatic heterocycles. The SMILES string of the molecule is COc1ccc(OC)c(NC(=O)c2c[nH]c(=O)n(-c3ccc(C)cc3)c2=O)c1. The van der Waals surface area contributed by atoms with Crippen molar-refractivity contribution in [2.75, 3.05) is 19.5 Å². The molecule has 0 saturated heterocycles. The molecule has 1 heterocycles. The largest absolute Gasteiger partial charge is 0.497 e. The Bertz CT molecular complexity index is 1130.